The highest BCUT2D eigenvalue weighted by Gasteiger charge is 2.28. The number of nitrogens with one attached hydrogen (secondary N) is 2. The number of fused-ring (bicyclic) bond motifs is 1. The van der Waals surface area contributed by atoms with Gasteiger partial charge in [-0.25, -0.2) is 9.89 Å². The maximum absolute atomic E-state index is 11.5. The van der Waals surface area contributed by atoms with E-state index in [1.165, 1.54) is 16.3 Å². The number of aromatic nitrogens is 3. The lowest BCUT2D eigenvalue weighted by Gasteiger charge is -2.07. The van der Waals surface area contributed by atoms with Gasteiger partial charge in [-0.2, -0.15) is 0 Å². The van der Waals surface area contributed by atoms with Crippen molar-refractivity contribution in [3.63, 3.8) is 0 Å². The molecule has 1 unspecified atom stereocenters. The molecule has 0 aliphatic carbocycles. The van der Waals surface area contributed by atoms with Crippen LogP contribution in [-0.2, 0) is 11.8 Å². The molecule has 1 atom stereocenters. The number of rotatable bonds is 2. The van der Waals surface area contributed by atoms with E-state index in [9.17, 15) is 9.59 Å². The number of amides is 1. The first-order valence-corrected chi connectivity index (χ1v) is 7.27. The standard InChI is InChI=1S/C11H10BrN5O2S/c1-17-10(19)15-16-11(17)20-7-3-6-4(2-5(7)12)8(13)9(18)14-6/h2-3,8H,13H2,1H3,(H,14,18)(H,15,19). The van der Waals surface area contributed by atoms with Crippen molar-refractivity contribution in [2.75, 3.05) is 5.32 Å². The molecule has 0 radical (unpaired) electrons. The first-order valence-electron chi connectivity index (χ1n) is 5.66. The summed E-state index contributed by atoms with van der Waals surface area (Å²) in [7, 11) is 1.63. The summed E-state index contributed by atoms with van der Waals surface area (Å²) in [5.74, 6) is -0.221. The molecule has 0 bridgehead atoms. The zero-order chi connectivity index (χ0) is 14.4. The minimum atomic E-state index is -0.643. The first kappa shape index (κ1) is 13.4. The van der Waals surface area contributed by atoms with Crippen molar-refractivity contribution in [3.05, 3.63) is 32.7 Å². The second kappa shape index (κ2) is 4.76. The summed E-state index contributed by atoms with van der Waals surface area (Å²) >= 11 is 4.76. The SMILES string of the molecule is Cn1c(Sc2cc3c(cc2Br)C(N)C(=O)N3)n[nH]c1=O. The second-order valence-corrected chi connectivity index (χ2v) is 6.17. The van der Waals surface area contributed by atoms with E-state index >= 15 is 0 Å². The molecule has 0 spiro atoms. The van der Waals surface area contributed by atoms with Crippen LogP contribution in [0.2, 0.25) is 0 Å². The summed E-state index contributed by atoms with van der Waals surface area (Å²) < 4.78 is 2.21. The maximum Gasteiger partial charge on any atom is 0.343 e. The Morgan fingerprint density at radius 1 is 1.45 bits per heavy atom. The van der Waals surface area contributed by atoms with Crippen LogP contribution in [0, 0.1) is 0 Å². The number of carbonyl (C=O) groups excluding carboxylic acids is 1. The van der Waals surface area contributed by atoms with Crippen LogP contribution in [-0.4, -0.2) is 20.7 Å². The summed E-state index contributed by atoms with van der Waals surface area (Å²) in [4.78, 5) is 23.7. The highest BCUT2D eigenvalue weighted by Crippen LogP contribution is 2.39. The van der Waals surface area contributed by atoms with Crippen LogP contribution in [0.4, 0.5) is 5.69 Å². The van der Waals surface area contributed by atoms with Crippen molar-refractivity contribution in [1.29, 1.82) is 0 Å². The average Bonchev–Trinajstić information content (AvgIpc) is 2.86. The van der Waals surface area contributed by atoms with Crippen molar-refractivity contribution in [2.24, 2.45) is 12.8 Å². The average molecular weight is 356 g/mol. The van der Waals surface area contributed by atoms with E-state index in [2.05, 4.69) is 31.4 Å². The molecular formula is C11H10BrN5O2S. The van der Waals surface area contributed by atoms with Crippen molar-refractivity contribution >= 4 is 39.3 Å². The molecule has 0 saturated heterocycles. The third kappa shape index (κ3) is 2.07. The van der Waals surface area contributed by atoms with Crippen LogP contribution >= 0.6 is 27.7 Å². The molecule has 1 aliphatic rings. The van der Waals surface area contributed by atoms with Gasteiger partial charge >= 0.3 is 5.69 Å². The van der Waals surface area contributed by atoms with E-state index in [0.29, 0.717) is 10.8 Å². The molecule has 2 aromatic rings. The van der Waals surface area contributed by atoms with Gasteiger partial charge in [0.25, 0.3) is 0 Å². The summed E-state index contributed by atoms with van der Waals surface area (Å²) in [6.45, 7) is 0. The van der Waals surface area contributed by atoms with Crippen LogP contribution < -0.4 is 16.7 Å². The molecule has 4 N–H and O–H groups in total. The molecular weight excluding hydrogens is 346 g/mol. The molecule has 3 rings (SSSR count). The lowest BCUT2D eigenvalue weighted by molar-refractivity contribution is -0.116. The Morgan fingerprint density at radius 2 is 2.20 bits per heavy atom. The van der Waals surface area contributed by atoms with Gasteiger partial charge in [0, 0.05) is 27.7 Å². The summed E-state index contributed by atoms with van der Waals surface area (Å²) in [6.07, 6.45) is 0. The van der Waals surface area contributed by atoms with Gasteiger partial charge in [-0.1, -0.05) is 0 Å². The van der Waals surface area contributed by atoms with Gasteiger partial charge in [-0.15, -0.1) is 5.10 Å². The minimum absolute atomic E-state index is 0.221. The Kier molecular flexibility index (Phi) is 3.19. The van der Waals surface area contributed by atoms with Gasteiger partial charge in [0.15, 0.2) is 5.16 Å². The molecule has 0 saturated carbocycles. The number of nitrogens with two attached hydrogens (primary N) is 1. The monoisotopic (exact) mass is 355 g/mol. The predicted octanol–water partition coefficient (Wildman–Crippen LogP) is 0.974. The number of anilines is 1. The highest BCUT2D eigenvalue weighted by molar-refractivity contribution is 9.10. The number of H-pyrrole nitrogens is 1. The Balaban J connectivity index is 2.00. The molecule has 0 fully saturated rings. The molecule has 2 heterocycles. The molecule has 1 amide bonds. The van der Waals surface area contributed by atoms with Crippen molar-refractivity contribution in [2.45, 2.75) is 16.1 Å². The minimum Gasteiger partial charge on any atom is -0.324 e. The predicted molar refractivity (Wildman–Crippen MR) is 77.7 cm³/mol. The quantitative estimate of drug-likeness (QED) is 0.744. The normalized spacial score (nSPS) is 17.1. The Hall–Kier alpha value is -1.58. The highest BCUT2D eigenvalue weighted by atomic mass is 79.9. The van der Waals surface area contributed by atoms with E-state index in [1.807, 2.05) is 12.1 Å². The fraction of sp³-hybridized carbons (Fsp3) is 0.182. The molecule has 1 aliphatic heterocycles. The van der Waals surface area contributed by atoms with E-state index in [0.717, 1.165) is 14.9 Å². The number of aromatic amines is 1. The van der Waals surface area contributed by atoms with Gasteiger partial charge < -0.3 is 11.1 Å². The van der Waals surface area contributed by atoms with Gasteiger partial charge in [-0.3, -0.25) is 9.36 Å². The van der Waals surface area contributed by atoms with Crippen LogP contribution in [0.15, 0.2) is 31.5 Å². The lowest BCUT2D eigenvalue weighted by Crippen LogP contribution is -2.19. The van der Waals surface area contributed by atoms with Crippen LogP contribution in [0.25, 0.3) is 0 Å². The summed E-state index contributed by atoms with van der Waals surface area (Å²) in [5.41, 5.74) is 6.95. The van der Waals surface area contributed by atoms with Crippen molar-refractivity contribution in [3.8, 4) is 0 Å². The number of hydrogen-bond acceptors (Lipinski definition) is 5. The largest absolute Gasteiger partial charge is 0.343 e. The van der Waals surface area contributed by atoms with Gasteiger partial charge in [0.1, 0.15) is 6.04 Å². The van der Waals surface area contributed by atoms with Gasteiger partial charge in [0.2, 0.25) is 5.91 Å². The number of benzene rings is 1. The van der Waals surface area contributed by atoms with Crippen molar-refractivity contribution in [1.82, 2.24) is 14.8 Å². The van der Waals surface area contributed by atoms with Crippen LogP contribution in [0.3, 0.4) is 0 Å². The number of hydrogen-bond donors (Lipinski definition) is 3. The Morgan fingerprint density at radius 3 is 2.85 bits per heavy atom. The molecule has 9 heteroatoms. The first-order chi connectivity index (χ1) is 9.47. The molecule has 7 nitrogen and oxygen atoms in total. The number of nitrogens with zero attached hydrogens (tertiary/aromatic N) is 2. The van der Waals surface area contributed by atoms with E-state index in [4.69, 9.17) is 5.73 Å². The van der Waals surface area contributed by atoms with Crippen LogP contribution in [0.1, 0.15) is 11.6 Å². The van der Waals surface area contributed by atoms with Gasteiger partial charge in [-0.05, 0) is 39.8 Å². The fourth-order valence-corrected chi connectivity index (χ4v) is 3.33. The molecule has 104 valence electrons. The fourth-order valence-electron chi connectivity index (χ4n) is 1.89. The number of carbonyl (C=O) groups is 1. The third-order valence-electron chi connectivity index (χ3n) is 3.02. The summed E-state index contributed by atoms with van der Waals surface area (Å²) in [5, 5.41) is 9.56. The second-order valence-electron chi connectivity index (χ2n) is 4.31. The number of halogens is 1. The van der Waals surface area contributed by atoms with Crippen LogP contribution in [0.5, 0.6) is 0 Å². The topological polar surface area (TPSA) is 106 Å². The summed E-state index contributed by atoms with van der Waals surface area (Å²) in [6, 6.07) is 2.98. The zero-order valence-corrected chi connectivity index (χ0v) is 12.7. The van der Waals surface area contributed by atoms with Gasteiger partial charge in [0.05, 0.1) is 0 Å². The zero-order valence-electron chi connectivity index (χ0n) is 10.3. The Labute approximate surface area is 126 Å². The lowest BCUT2D eigenvalue weighted by atomic mass is 10.1. The van der Waals surface area contributed by atoms with E-state index < -0.39 is 6.04 Å². The van der Waals surface area contributed by atoms with E-state index in [1.54, 1.807) is 7.05 Å². The van der Waals surface area contributed by atoms with E-state index in [-0.39, 0.29) is 11.6 Å². The van der Waals surface area contributed by atoms with Crippen molar-refractivity contribution < 1.29 is 4.79 Å². The Bertz CT molecular complexity index is 769. The smallest absolute Gasteiger partial charge is 0.324 e. The molecule has 1 aromatic carbocycles. The molecule has 20 heavy (non-hydrogen) atoms. The molecule has 1 aromatic heterocycles. The maximum atomic E-state index is 11.5. The third-order valence-corrected chi connectivity index (χ3v) is 5.04.